The Balaban J connectivity index is 2.12. The summed E-state index contributed by atoms with van der Waals surface area (Å²) in [6.45, 7) is 1.90. The highest BCUT2D eigenvalue weighted by Crippen LogP contribution is 2.23. The molecule has 4 nitrogen and oxygen atoms in total. The summed E-state index contributed by atoms with van der Waals surface area (Å²) >= 11 is 6.01. The molecule has 0 atom stereocenters. The van der Waals surface area contributed by atoms with Crippen LogP contribution in [0.2, 0.25) is 5.02 Å². The van der Waals surface area contributed by atoms with Crippen LogP contribution >= 0.6 is 11.6 Å². The summed E-state index contributed by atoms with van der Waals surface area (Å²) in [5, 5.41) is 10.5. The van der Waals surface area contributed by atoms with Crippen molar-refractivity contribution in [2.45, 2.75) is 6.92 Å². The van der Waals surface area contributed by atoms with Crippen LogP contribution in [0.15, 0.2) is 51.7 Å². The Morgan fingerprint density at radius 2 is 2.05 bits per heavy atom. The Kier molecular flexibility index (Phi) is 3.69. The average Bonchev–Trinajstić information content (AvgIpc) is 2.48. The fourth-order valence-corrected chi connectivity index (χ4v) is 2.32. The van der Waals surface area contributed by atoms with Crippen LogP contribution in [0.1, 0.15) is 16.8 Å². The van der Waals surface area contributed by atoms with Crippen molar-refractivity contribution in [3.05, 3.63) is 74.7 Å². The van der Waals surface area contributed by atoms with Gasteiger partial charge in [0.2, 0.25) is 0 Å². The van der Waals surface area contributed by atoms with Gasteiger partial charge in [0.15, 0.2) is 11.3 Å². The summed E-state index contributed by atoms with van der Waals surface area (Å²) < 4.78 is 5.23. The van der Waals surface area contributed by atoms with E-state index in [4.69, 9.17) is 16.0 Å². The smallest absolute Gasteiger partial charge is 0.362 e. The van der Waals surface area contributed by atoms with Gasteiger partial charge in [-0.05, 0) is 36.8 Å². The van der Waals surface area contributed by atoms with Crippen LogP contribution in [-0.4, -0.2) is 10.1 Å². The summed E-state index contributed by atoms with van der Waals surface area (Å²) in [6, 6.07) is 12.2. The summed E-state index contributed by atoms with van der Waals surface area (Å²) in [4.78, 5) is 16.2. The first kappa shape index (κ1) is 14.4. The third kappa shape index (κ3) is 2.73. The normalized spacial score (nSPS) is 11.8. The molecule has 1 N–H and O–H groups in total. The van der Waals surface area contributed by atoms with E-state index in [0.29, 0.717) is 21.7 Å². The molecule has 0 aliphatic carbocycles. The molecule has 0 aliphatic heterocycles. The number of aromatic nitrogens is 1. The van der Waals surface area contributed by atoms with Crippen molar-refractivity contribution in [2.75, 3.05) is 0 Å². The number of rotatable bonds is 2. The quantitative estimate of drug-likeness (QED) is 0.720. The van der Waals surface area contributed by atoms with Gasteiger partial charge in [-0.2, -0.15) is 0 Å². The van der Waals surface area contributed by atoms with Crippen molar-refractivity contribution in [3.8, 4) is 0 Å². The standard InChI is InChI=1S/C17H12ClNO3/c1-10-6-7-13-16(8-10)22-17(21)14(19-13)9-15(20)11-4-2-3-5-12(11)18/h2-9,20H,1H3/b15-9-. The molecule has 0 saturated carbocycles. The molecule has 3 rings (SSSR count). The van der Waals surface area contributed by atoms with Gasteiger partial charge in [-0.25, -0.2) is 9.78 Å². The minimum Gasteiger partial charge on any atom is -0.507 e. The predicted molar refractivity (Wildman–Crippen MR) is 87.0 cm³/mol. The molecule has 0 spiro atoms. The summed E-state index contributed by atoms with van der Waals surface area (Å²) in [6.07, 6.45) is 1.26. The summed E-state index contributed by atoms with van der Waals surface area (Å²) in [5.74, 6) is -0.142. The van der Waals surface area contributed by atoms with Gasteiger partial charge in [0.1, 0.15) is 11.3 Å². The van der Waals surface area contributed by atoms with E-state index < -0.39 is 5.63 Å². The average molecular weight is 314 g/mol. The first-order valence-corrected chi connectivity index (χ1v) is 6.99. The molecule has 0 radical (unpaired) electrons. The summed E-state index contributed by atoms with van der Waals surface area (Å²) in [7, 11) is 0. The van der Waals surface area contributed by atoms with Crippen LogP contribution in [0.3, 0.4) is 0 Å². The van der Waals surface area contributed by atoms with Gasteiger partial charge in [-0.1, -0.05) is 29.8 Å². The fraction of sp³-hybridized carbons (Fsp3) is 0.0588. The molecule has 0 aliphatic rings. The van der Waals surface area contributed by atoms with Gasteiger partial charge in [0.05, 0.1) is 5.02 Å². The van der Waals surface area contributed by atoms with E-state index >= 15 is 0 Å². The van der Waals surface area contributed by atoms with Gasteiger partial charge in [-0.15, -0.1) is 0 Å². The maximum absolute atomic E-state index is 12.0. The zero-order valence-corrected chi connectivity index (χ0v) is 12.5. The first-order valence-electron chi connectivity index (χ1n) is 6.61. The molecule has 22 heavy (non-hydrogen) atoms. The highest BCUT2D eigenvalue weighted by atomic mass is 35.5. The number of aliphatic hydroxyl groups excluding tert-OH is 1. The Morgan fingerprint density at radius 3 is 2.82 bits per heavy atom. The minimum atomic E-state index is -0.614. The molecule has 3 aromatic rings. The van der Waals surface area contributed by atoms with Crippen LogP contribution in [0.5, 0.6) is 0 Å². The zero-order valence-electron chi connectivity index (χ0n) is 11.7. The predicted octanol–water partition coefficient (Wildman–Crippen LogP) is 4.21. The number of aryl methyl sites for hydroxylation is 1. The molecular formula is C17H12ClNO3. The van der Waals surface area contributed by atoms with Crippen molar-refractivity contribution in [1.82, 2.24) is 4.98 Å². The van der Waals surface area contributed by atoms with Gasteiger partial charge in [0.25, 0.3) is 0 Å². The zero-order chi connectivity index (χ0) is 15.7. The molecule has 1 aromatic heterocycles. The second kappa shape index (κ2) is 5.66. The van der Waals surface area contributed by atoms with E-state index in [2.05, 4.69) is 4.98 Å². The van der Waals surface area contributed by atoms with Crippen LogP contribution in [-0.2, 0) is 0 Å². The number of hydrogen-bond acceptors (Lipinski definition) is 4. The molecule has 0 fully saturated rings. The lowest BCUT2D eigenvalue weighted by Crippen LogP contribution is -2.06. The third-order valence-corrected chi connectivity index (χ3v) is 3.52. The van der Waals surface area contributed by atoms with Gasteiger partial charge >= 0.3 is 5.63 Å². The molecule has 0 bridgehead atoms. The Hall–Kier alpha value is -2.59. The van der Waals surface area contributed by atoms with Crippen LogP contribution in [0, 0.1) is 6.92 Å². The lowest BCUT2D eigenvalue weighted by atomic mass is 10.1. The second-order valence-electron chi connectivity index (χ2n) is 4.87. The third-order valence-electron chi connectivity index (χ3n) is 3.19. The molecule has 0 saturated heterocycles. The number of fused-ring (bicyclic) bond motifs is 1. The number of aliphatic hydroxyl groups is 1. The Bertz CT molecular complexity index is 944. The minimum absolute atomic E-state index is 0.0220. The maximum atomic E-state index is 12.0. The van der Waals surface area contributed by atoms with E-state index in [9.17, 15) is 9.90 Å². The monoisotopic (exact) mass is 313 g/mol. The van der Waals surface area contributed by atoms with Crippen molar-refractivity contribution >= 4 is 34.5 Å². The van der Waals surface area contributed by atoms with E-state index in [1.54, 1.807) is 36.4 Å². The second-order valence-corrected chi connectivity index (χ2v) is 5.27. The highest BCUT2D eigenvalue weighted by Gasteiger charge is 2.09. The number of halogens is 1. The largest absolute Gasteiger partial charge is 0.507 e. The maximum Gasteiger partial charge on any atom is 0.362 e. The van der Waals surface area contributed by atoms with Crippen molar-refractivity contribution in [1.29, 1.82) is 0 Å². The fourth-order valence-electron chi connectivity index (χ4n) is 2.09. The van der Waals surface area contributed by atoms with Crippen LogP contribution in [0.25, 0.3) is 22.9 Å². The van der Waals surface area contributed by atoms with Crippen molar-refractivity contribution in [3.63, 3.8) is 0 Å². The molecule has 0 unspecified atom stereocenters. The SMILES string of the molecule is Cc1ccc2nc(/C=C(\O)c3ccccc3Cl)c(=O)oc2c1. The molecule has 0 amide bonds. The number of hydrogen-bond donors (Lipinski definition) is 1. The summed E-state index contributed by atoms with van der Waals surface area (Å²) in [5.41, 5.74) is 1.77. The topological polar surface area (TPSA) is 63.3 Å². The number of nitrogens with zero attached hydrogens (tertiary/aromatic N) is 1. The van der Waals surface area contributed by atoms with Crippen LogP contribution in [0.4, 0.5) is 0 Å². The van der Waals surface area contributed by atoms with E-state index in [-0.39, 0.29) is 11.5 Å². The van der Waals surface area contributed by atoms with E-state index in [1.807, 2.05) is 13.0 Å². The van der Waals surface area contributed by atoms with Gasteiger partial charge in [0, 0.05) is 11.6 Å². The van der Waals surface area contributed by atoms with Gasteiger partial charge < -0.3 is 9.52 Å². The highest BCUT2D eigenvalue weighted by molar-refractivity contribution is 6.32. The lowest BCUT2D eigenvalue weighted by Gasteiger charge is -2.03. The lowest BCUT2D eigenvalue weighted by molar-refractivity contribution is 0.514. The van der Waals surface area contributed by atoms with E-state index in [1.165, 1.54) is 6.08 Å². The first-order chi connectivity index (χ1) is 10.5. The molecule has 2 aromatic carbocycles. The number of benzene rings is 2. The van der Waals surface area contributed by atoms with Crippen LogP contribution < -0.4 is 5.63 Å². The van der Waals surface area contributed by atoms with Crippen molar-refractivity contribution in [2.24, 2.45) is 0 Å². The van der Waals surface area contributed by atoms with Crippen molar-refractivity contribution < 1.29 is 9.52 Å². The molecule has 110 valence electrons. The molecule has 5 heteroatoms. The molecular weight excluding hydrogens is 302 g/mol. The Labute approximate surface area is 131 Å². The van der Waals surface area contributed by atoms with E-state index in [0.717, 1.165) is 5.56 Å². The van der Waals surface area contributed by atoms with Gasteiger partial charge in [-0.3, -0.25) is 0 Å². The molecule has 1 heterocycles. The Morgan fingerprint density at radius 1 is 1.27 bits per heavy atom.